The van der Waals surface area contributed by atoms with E-state index in [-0.39, 0.29) is 5.78 Å². The van der Waals surface area contributed by atoms with Crippen LogP contribution < -0.4 is 0 Å². The lowest BCUT2D eigenvalue weighted by Gasteiger charge is -2.06. The van der Waals surface area contributed by atoms with Crippen LogP contribution in [0.2, 0.25) is 0 Å². The maximum Gasteiger partial charge on any atom is 0.159 e. The van der Waals surface area contributed by atoms with E-state index in [1.54, 1.807) is 6.92 Å². The molecule has 0 unspecified atom stereocenters. The SMILES string of the molecule is C=C(C(C)=O)c1cccc2ccccc12. The zero-order valence-corrected chi connectivity index (χ0v) is 8.66. The van der Waals surface area contributed by atoms with Gasteiger partial charge in [-0.3, -0.25) is 4.79 Å². The summed E-state index contributed by atoms with van der Waals surface area (Å²) in [6.07, 6.45) is 0. The van der Waals surface area contributed by atoms with Crippen molar-refractivity contribution >= 4 is 22.1 Å². The second kappa shape index (κ2) is 3.70. The fourth-order valence-electron chi connectivity index (χ4n) is 1.68. The molecule has 0 bridgehead atoms. The van der Waals surface area contributed by atoms with Crippen LogP contribution >= 0.6 is 0 Å². The highest BCUT2D eigenvalue weighted by Crippen LogP contribution is 2.24. The smallest absolute Gasteiger partial charge is 0.159 e. The van der Waals surface area contributed by atoms with Crippen LogP contribution in [0, 0.1) is 0 Å². The Morgan fingerprint density at radius 2 is 1.73 bits per heavy atom. The molecule has 0 heterocycles. The van der Waals surface area contributed by atoms with Crippen LogP contribution in [-0.4, -0.2) is 5.78 Å². The first kappa shape index (κ1) is 9.66. The number of rotatable bonds is 2. The van der Waals surface area contributed by atoms with Gasteiger partial charge in [0.1, 0.15) is 0 Å². The highest BCUT2D eigenvalue weighted by molar-refractivity contribution is 6.21. The van der Waals surface area contributed by atoms with Gasteiger partial charge in [-0.25, -0.2) is 0 Å². The van der Waals surface area contributed by atoms with Crippen molar-refractivity contribution in [3.05, 3.63) is 54.6 Å². The molecule has 0 radical (unpaired) electrons. The number of carbonyl (C=O) groups excluding carboxylic acids is 1. The predicted molar refractivity (Wildman–Crippen MR) is 63.7 cm³/mol. The quantitative estimate of drug-likeness (QED) is 0.672. The summed E-state index contributed by atoms with van der Waals surface area (Å²) >= 11 is 0. The molecule has 0 N–H and O–H groups in total. The van der Waals surface area contributed by atoms with Crippen molar-refractivity contribution in [3.8, 4) is 0 Å². The zero-order chi connectivity index (χ0) is 10.8. The molecule has 0 saturated heterocycles. The molecule has 15 heavy (non-hydrogen) atoms. The number of ketones is 1. The molecule has 1 heteroatoms. The Kier molecular flexibility index (Phi) is 2.38. The van der Waals surface area contributed by atoms with Crippen LogP contribution in [0.15, 0.2) is 49.0 Å². The van der Waals surface area contributed by atoms with E-state index in [9.17, 15) is 4.79 Å². The lowest BCUT2D eigenvalue weighted by Crippen LogP contribution is -1.94. The number of benzene rings is 2. The van der Waals surface area contributed by atoms with Gasteiger partial charge >= 0.3 is 0 Å². The predicted octanol–water partition coefficient (Wildman–Crippen LogP) is 3.44. The lowest BCUT2D eigenvalue weighted by atomic mass is 9.97. The average molecular weight is 196 g/mol. The van der Waals surface area contributed by atoms with Crippen molar-refractivity contribution in [3.63, 3.8) is 0 Å². The maximum atomic E-state index is 11.3. The van der Waals surface area contributed by atoms with Gasteiger partial charge in [0, 0.05) is 5.57 Å². The van der Waals surface area contributed by atoms with Gasteiger partial charge in [0.05, 0.1) is 0 Å². The minimum atomic E-state index is 0.0198. The molecular formula is C14H12O. The molecule has 74 valence electrons. The highest BCUT2D eigenvalue weighted by atomic mass is 16.1. The van der Waals surface area contributed by atoms with Gasteiger partial charge in [0.25, 0.3) is 0 Å². The molecule has 0 aliphatic heterocycles. The molecule has 0 aliphatic carbocycles. The minimum absolute atomic E-state index is 0.0198. The van der Waals surface area contributed by atoms with Crippen LogP contribution in [-0.2, 0) is 4.79 Å². The summed E-state index contributed by atoms with van der Waals surface area (Å²) in [6, 6.07) is 13.9. The standard InChI is InChI=1S/C14H12O/c1-10(11(2)15)13-9-5-7-12-6-3-4-8-14(12)13/h3-9H,1H2,2H3. The molecule has 0 aliphatic rings. The Bertz CT molecular complexity index is 533. The summed E-state index contributed by atoms with van der Waals surface area (Å²) in [5.74, 6) is 0.0198. The summed E-state index contributed by atoms with van der Waals surface area (Å²) < 4.78 is 0. The molecule has 0 amide bonds. The normalized spacial score (nSPS) is 10.2. The maximum absolute atomic E-state index is 11.3. The molecule has 0 spiro atoms. The number of hydrogen-bond acceptors (Lipinski definition) is 1. The molecule has 2 aromatic carbocycles. The van der Waals surface area contributed by atoms with Crippen molar-refractivity contribution in [2.75, 3.05) is 0 Å². The third-order valence-electron chi connectivity index (χ3n) is 2.54. The summed E-state index contributed by atoms with van der Waals surface area (Å²) in [4.78, 5) is 11.3. The average Bonchev–Trinajstić information content (AvgIpc) is 2.27. The van der Waals surface area contributed by atoms with Crippen LogP contribution in [0.3, 0.4) is 0 Å². The molecular weight excluding hydrogens is 184 g/mol. The van der Waals surface area contributed by atoms with Crippen LogP contribution in [0.25, 0.3) is 16.3 Å². The minimum Gasteiger partial charge on any atom is -0.295 e. The highest BCUT2D eigenvalue weighted by Gasteiger charge is 2.07. The van der Waals surface area contributed by atoms with Crippen molar-refractivity contribution < 1.29 is 4.79 Å². The topological polar surface area (TPSA) is 17.1 Å². The fraction of sp³-hybridized carbons (Fsp3) is 0.0714. The molecule has 2 rings (SSSR count). The number of carbonyl (C=O) groups is 1. The van der Waals surface area contributed by atoms with E-state index in [1.165, 1.54) is 0 Å². The first-order valence-electron chi connectivity index (χ1n) is 4.88. The summed E-state index contributed by atoms with van der Waals surface area (Å²) in [6.45, 7) is 5.37. The van der Waals surface area contributed by atoms with Crippen molar-refractivity contribution in [1.29, 1.82) is 0 Å². The van der Waals surface area contributed by atoms with Gasteiger partial charge in [-0.05, 0) is 23.3 Å². The lowest BCUT2D eigenvalue weighted by molar-refractivity contribution is -0.111. The van der Waals surface area contributed by atoms with Crippen LogP contribution in [0.1, 0.15) is 12.5 Å². The molecule has 0 aromatic heterocycles. The summed E-state index contributed by atoms with van der Waals surface area (Å²) in [5.41, 5.74) is 1.51. The van der Waals surface area contributed by atoms with Gasteiger partial charge in [-0.15, -0.1) is 0 Å². The van der Waals surface area contributed by atoms with Gasteiger partial charge in [-0.2, -0.15) is 0 Å². The van der Waals surface area contributed by atoms with Crippen LogP contribution in [0.4, 0.5) is 0 Å². The van der Waals surface area contributed by atoms with Crippen molar-refractivity contribution in [2.45, 2.75) is 6.92 Å². The van der Waals surface area contributed by atoms with E-state index >= 15 is 0 Å². The Hall–Kier alpha value is -1.89. The second-order valence-corrected chi connectivity index (χ2v) is 3.56. The molecule has 2 aromatic rings. The molecule has 0 atom stereocenters. The summed E-state index contributed by atoms with van der Waals surface area (Å²) in [7, 11) is 0. The number of allylic oxidation sites excluding steroid dienone is 1. The number of fused-ring (bicyclic) bond motifs is 1. The third-order valence-corrected chi connectivity index (χ3v) is 2.54. The van der Waals surface area contributed by atoms with Gasteiger partial charge in [0.2, 0.25) is 0 Å². The number of Topliss-reactive ketones (excluding diaryl/α,β-unsaturated/α-hetero) is 1. The van der Waals surface area contributed by atoms with Crippen molar-refractivity contribution in [1.82, 2.24) is 0 Å². The van der Waals surface area contributed by atoms with E-state index in [1.807, 2.05) is 42.5 Å². The Labute approximate surface area is 89.0 Å². The first-order valence-corrected chi connectivity index (χ1v) is 4.88. The van der Waals surface area contributed by atoms with Gasteiger partial charge in [0.15, 0.2) is 5.78 Å². The van der Waals surface area contributed by atoms with Gasteiger partial charge in [-0.1, -0.05) is 49.0 Å². The molecule has 1 nitrogen and oxygen atoms in total. The monoisotopic (exact) mass is 196 g/mol. The largest absolute Gasteiger partial charge is 0.295 e. The van der Waals surface area contributed by atoms with E-state index in [0.717, 1.165) is 16.3 Å². The zero-order valence-electron chi connectivity index (χ0n) is 8.66. The van der Waals surface area contributed by atoms with Gasteiger partial charge < -0.3 is 0 Å². The summed E-state index contributed by atoms with van der Waals surface area (Å²) in [5, 5.41) is 2.22. The molecule has 0 fully saturated rings. The second-order valence-electron chi connectivity index (χ2n) is 3.56. The molecule has 0 saturated carbocycles. The third kappa shape index (κ3) is 1.68. The van der Waals surface area contributed by atoms with E-state index in [0.29, 0.717) is 5.57 Å². The Morgan fingerprint density at radius 3 is 2.47 bits per heavy atom. The first-order chi connectivity index (χ1) is 7.20. The van der Waals surface area contributed by atoms with E-state index in [4.69, 9.17) is 0 Å². The van der Waals surface area contributed by atoms with Crippen molar-refractivity contribution in [2.24, 2.45) is 0 Å². The van der Waals surface area contributed by atoms with Crippen LogP contribution in [0.5, 0.6) is 0 Å². The number of hydrogen-bond donors (Lipinski definition) is 0. The van der Waals surface area contributed by atoms with E-state index in [2.05, 4.69) is 6.58 Å². The fourth-order valence-corrected chi connectivity index (χ4v) is 1.68. The Morgan fingerprint density at radius 1 is 1.07 bits per heavy atom. The Balaban J connectivity index is 2.71. The van der Waals surface area contributed by atoms with E-state index < -0.39 is 0 Å².